The van der Waals surface area contributed by atoms with Gasteiger partial charge in [-0.1, -0.05) is 0 Å². The summed E-state index contributed by atoms with van der Waals surface area (Å²) in [6, 6.07) is -0.249. The van der Waals surface area contributed by atoms with Gasteiger partial charge in [-0.05, 0) is 0 Å². The number of amides is 1. The van der Waals surface area contributed by atoms with Crippen LogP contribution < -0.4 is 0 Å². The molecule has 2 rings (SSSR count). The largest absolute Gasteiger partial charge is 0.394 e. The number of aliphatic hydroxyl groups is 1. The highest BCUT2D eigenvalue weighted by Gasteiger charge is 2.27. The molecular formula is C10H15N3O3. The number of rotatable bonds is 2. The van der Waals surface area contributed by atoms with Crippen LogP contribution in [0.1, 0.15) is 10.4 Å². The average molecular weight is 225 g/mol. The molecule has 0 bridgehead atoms. The SMILES string of the molecule is Cn1cc(C(=O)N2CCOCC2CO)cn1. The Morgan fingerprint density at radius 2 is 2.56 bits per heavy atom. The predicted molar refractivity (Wildman–Crippen MR) is 55.9 cm³/mol. The molecular weight excluding hydrogens is 210 g/mol. The Morgan fingerprint density at radius 3 is 3.19 bits per heavy atom. The van der Waals surface area contributed by atoms with E-state index >= 15 is 0 Å². The van der Waals surface area contributed by atoms with Gasteiger partial charge in [-0.25, -0.2) is 0 Å². The van der Waals surface area contributed by atoms with Crippen LogP contribution in [-0.4, -0.2) is 58.1 Å². The first-order valence-electron chi connectivity index (χ1n) is 5.20. The second-order valence-corrected chi connectivity index (χ2v) is 3.81. The summed E-state index contributed by atoms with van der Waals surface area (Å²) in [5.41, 5.74) is 0.544. The van der Waals surface area contributed by atoms with E-state index in [0.29, 0.717) is 25.3 Å². The van der Waals surface area contributed by atoms with Gasteiger partial charge in [0.2, 0.25) is 0 Å². The molecule has 1 saturated heterocycles. The Balaban J connectivity index is 2.13. The summed E-state index contributed by atoms with van der Waals surface area (Å²) < 4.78 is 6.80. The van der Waals surface area contributed by atoms with Crippen LogP contribution in [0.4, 0.5) is 0 Å². The number of aromatic nitrogens is 2. The Kier molecular flexibility index (Phi) is 3.21. The first kappa shape index (κ1) is 11.1. The lowest BCUT2D eigenvalue weighted by atomic mass is 10.2. The quantitative estimate of drug-likeness (QED) is 0.719. The number of aryl methyl sites for hydroxylation is 1. The van der Waals surface area contributed by atoms with E-state index in [4.69, 9.17) is 9.84 Å². The smallest absolute Gasteiger partial charge is 0.257 e. The van der Waals surface area contributed by atoms with Gasteiger partial charge in [0, 0.05) is 19.8 Å². The first-order chi connectivity index (χ1) is 7.72. The molecule has 0 radical (unpaired) electrons. The number of hydrogen-bond donors (Lipinski definition) is 1. The van der Waals surface area contributed by atoms with Gasteiger partial charge in [-0.3, -0.25) is 9.48 Å². The van der Waals surface area contributed by atoms with Gasteiger partial charge in [-0.15, -0.1) is 0 Å². The lowest BCUT2D eigenvalue weighted by molar-refractivity contribution is -0.0183. The maximum atomic E-state index is 12.1. The molecule has 1 N–H and O–H groups in total. The van der Waals surface area contributed by atoms with Gasteiger partial charge in [0.05, 0.1) is 37.6 Å². The van der Waals surface area contributed by atoms with Crippen LogP contribution in [0, 0.1) is 0 Å². The number of morpholine rings is 1. The monoisotopic (exact) mass is 225 g/mol. The molecule has 6 heteroatoms. The molecule has 0 aromatic carbocycles. The van der Waals surface area contributed by atoms with E-state index in [1.807, 2.05) is 0 Å². The molecule has 6 nitrogen and oxygen atoms in total. The van der Waals surface area contributed by atoms with Crippen molar-refractivity contribution in [1.29, 1.82) is 0 Å². The van der Waals surface area contributed by atoms with E-state index in [1.165, 1.54) is 6.20 Å². The van der Waals surface area contributed by atoms with Crippen molar-refractivity contribution in [3.8, 4) is 0 Å². The van der Waals surface area contributed by atoms with E-state index in [2.05, 4.69) is 5.10 Å². The Morgan fingerprint density at radius 1 is 1.75 bits per heavy atom. The van der Waals surface area contributed by atoms with Crippen LogP contribution in [0.5, 0.6) is 0 Å². The first-order valence-corrected chi connectivity index (χ1v) is 5.20. The van der Waals surface area contributed by atoms with E-state index in [9.17, 15) is 4.79 Å². The number of carbonyl (C=O) groups is 1. The van der Waals surface area contributed by atoms with E-state index in [-0.39, 0.29) is 18.6 Å². The van der Waals surface area contributed by atoms with Crippen molar-refractivity contribution in [2.45, 2.75) is 6.04 Å². The second kappa shape index (κ2) is 4.63. The highest BCUT2D eigenvalue weighted by atomic mass is 16.5. The van der Waals surface area contributed by atoms with Crippen LogP contribution in [-0.2, 0) is 11.8 Å². The lowest BCUT2D eigenvalue weighted by Gasteiger charge is -2.34. The summed E-state index contributed by atoms with van der Waals surface area (Å²) in [6.07, 6.45) is 3.21. The lowest BCUT2D eigenvalue weighted by Crippen LogP contribution is -2.50. The zero-order valence-corrected chi connectivity index (χ0v) is 9.17. The van der Waals surface area contributed by atoms with Crippen LogP contribution in [0.2, 0.25) is 0 Å². The van der Waals surface area contributed by atoms with E-state index < -0.39 is 0 Å². The van der Waals surface area contributed by atoms with Gasteiger partial charge in [-0.2, -0.15) is 5.10 Å². The van der Waals surface area contributed by atoms with E-state index in [0.717, 1.165) is 0 Å². The highest BCUT2D eigenvalue weighted by molar-refractivity contribution is 5.94. The third kappa shape index (κ3) is 2.07. The summed E-state index contributed by atoms with van der Waals surface area (Å²) in [5, 5.41) is 13.1. The van der Waals surface area contributed by atoms with Crippen LogP contribution >= 0.6 is 0 Å². The second-order valence-electron chi connectivity index (χ2n) is 3.81. The molecule has 2 heterocycles. The fraction of sp³-hybridized carbons (Fsp3) is 0.600. The summed E-state index contributed by atoms with van der Waals surface area (Å²) in [6.45, 7) is 1.34. The minimum atomic E-state index is -0.249. The summed E-state index contributed by atoms with van der Waals surface area (Å²) in [5.74, 6) is -0.101. The van der Waals surface area contributed by atoms with Crippen LogP contribution in [0.25, 0.3) is 0 Å². The summed E-state index contributed by atoms with van der Waals surface area (Å²) in [7, 11) is 1.76. The maximum Gasteiger partial charge on any atom is 0.257 e. The molecule has 0 spiro atoms. The molecule has 1 aromatic heterocycles. The Bertz CT molecular complexity index is 377. The molecule has 0 aliphatic carbocycles. The van der Waals surface area contributed by atoms with Gasteiger partial charge in [0.1, 0.15) is 0 Å². The van der Waals surface area contributed by atoms with Gasteiger partial charge in [0.15, 0.2) is 0 Å². The highest BCUT2D eigenvalue weighted by Crippen LogP contribution is 2.11. The number of carbonyl (C=O) groups excluding carboxylic acids is 1. The standard InChI is InChI=1S/C10H15N3O3/c1-12-5-8(4-11-12)10(15)13-2-3-16-7-9(13)6-14/h4-5,9,14H,2-3,6-7H2,1H3. The zero-order valence-electron chi connectivity index (χ0n) is 9.17. The predicted octanol–water partition coefficient (Wildman–Crippen LogP) is -0.747. The molecule has 16 heavy (non-hydrogen) atoms. The summed E-state index contributed by atoms with van der Waals surface area (Å²) >= 11 is 0. The van der Waals surface area contributed by atoms with Gasteiger partial charge < -0.3 is 14.7 Å². The van der Waals surface area contributed by atoms with E-state index in [1.54, 1.807) is 22.8 Å². The molecule has 1 fully saturated rings. The molecule has 1 amide bonds. The van der Waals surface area contributed by atoms with Crippen molar-refractivity contribution in [2.24, 2.45) is 7.05 Å². The number of hydrogen-bond acceptors (Lipinski definition) is 4. The molecule has 88 valence electrons. The molecule has 1 aliphatic heterocycles. The molecule has 1 aliphatic rings. The van der Waals surface area contributed by atoms with Gasteiger partial charge >= 0.3 is 0 Å². The average Bonchev–Trinajstić information content (AvgIpc) is 2.75. The third-order valence-corrected chi connectivity index (χ3v) is 2.65. The molecule has 1 unspecified atom stereocenters. The van der Waals surface area contributed by atoms with Crippen molar-refractivity contribution < 1.29 is 14.6 Å². The third-order valence-electron chi connectivity index (χ3n) is 2.65. The maximum absolute atomic E-state index is 12.1. The van der Waals surface area contributed by atoms with Crippen LogP contribution in [0.15, 0.2) is 12.4 Å². The Hall–Kier alpha value is -1.40. The van der Waals surface area contributed by atoms with Crippen molar-refractivity contribution >= 4 is 5.91 Å². The normalized spacial score (nSPS) is 21.1. The van der Waals surface area contributed by atoms with Crippen LogP contribution in [0.3, 0.4) is 0 Å². The number of nitrogens with zero attached hydrogens (tertiary/aromatic N) is 3. The van der Waals surface area contributed by atoms with Gasteiger partial charge in [0.25, 0.3) is 5.91 Å². The summed E-state index contributed by atoms with van der Waals surface area (Å²) in [4.78, 5) is 13.7. The molecule has 0 saturated carbocycles. The van der Waals surface area contributed by atoms with Crippen molar-refractivity contribution in [2.75, 3.05) is 26.4 Å². The molecule has 1 aromatic rings. The van der Waals surface area contributed by atoms with Crippen molar-refractivity contribution in [3.63, 3.8) is 0 Å². The number of aliphatic hydroxyl groups excluding tert-OH is 1. The number of ether oxygens (including phenoxy) is 1. The topological polar surface area (TPSA) is 67.6 Å². The molecule has 1 atom stereocenters. The zero-order chi connectivity index (χ0) is 11.5. The van der Waals surface area contributed by atoms with Crippen molar-refractivity contribution in [3.05, 3.63) is 18.0 Å². The fourth-order valence-electron chi connectivity index (χ4n) is 1.77. The Labute approximate surface area is 93.4 Å². The fourth-order valence-corrected chi connectivity index (χ4v) is 1.77. The minimum Gasteiger partial charge on any atom is -0.394 e. The van der Waals surface area contributed by atoms with Crippen molar-refractivity contribution in [1.82, 2.24) is 14.7 Å². The minimum absolute atomic E-state index is 0.0774.